The molecule has 88 valence electrons. The highest BCUT2D eigenvalue weighted by molar-refractivity contribution is 7.81. The molecule has 2 N–H and O–H groups in total. The quantitative estimate of drug-likeness (QED) is 0.627. The Balaban J connectivity index is 4.31. The number of ether oxygens (including phenoxy) is 1. The van der Waals surface area contributed by atoms with Crippen LogP contribution in [-0.2, 0) is 9.53 Å². The lowest BCUT2D eigenvalue weighted by atomic mass is 10.0. The molecule has 15 heavy (non-hydrogen) atoms. The van der Waals surface area contributed by atoms with Gasteiger partial charge in [0.2, 0.25) is 0 Å². The molecule has 1 amide bonds. The molecule has 6 heteroatoms. The van der Waals surface area contributed by atoms with Crippen molar-refractivity contribution in [3.63, 3.8) is 0 Å². The number of carbonyl (C=O) groups excluding carboxylic acids is 1. The molecule has 0 aliphatic carbocycles. The first-order valence-corrected chi connectivity index (χ1v) is 5.12. The number of nitrogens with one attached hydrogen (secondary N) is 1. The molecule has 0 unspecified atom stereocenters. The van der Waals surface area contributed by atoms with Crippen LogP contribution in [0.25, 0.3) is 0 Å². The first-order valence-electron chi connectivity index (χ1n) is 4.67. The molecule has 0 aliphatic rings. The van der Waals surface area contributed by atoms with Crippen LogP contribution >= 0.6 is 12.6 Å². The smallest absolute Gasteiger partial charge is 0.407 e. The van der Waals surface area contributed by atoms with Crippen LogP contribution in [0.1, 0.15) is 27.2 Å². The molecule has 0 heterocycles. The Kier molecular flexibility index (Phi) is 5.49. The van der Waals surface area contributed by atoms with Gasteiger partial charge in [0.15, 0.2) is 0 Å². The number of amides is 1. The van der Waals surface area contributed by atoms with Crippen molar-refractivity contribution in [3.8, 4) is 0 Å². The molecule has 0 saturated heterocycles. The van der Waals surface area contributed by atoms with Crippen LogP contribution in [-0.4, -0.2) is 34.6 Å². The van der Waals surface area contributed by atoms with Crippen molar-refractivity contribution in [2.75, 3.05) is 6.61 Å². The number of alkyl carbamates (subject to hydrolysis) is 1. The number of hydrogen-bond acceptors (Lipinski definition) is 4. The van der Waals surface area contributed by atoms with E-state index in [0.29, 0.717) is 6.42 Å². The van der Waals surface area contributed by atoms with E-state index in [2.05, 4.69) is 17.9 Å². The van der Waals surface area contributed by atoms with Gasteiger partial charge in [0.25, 0.3) is 0 Å². The van der Waals surface area contributed by atoms with Crippen LogP contribution in [0.5, 0.6) is 0 Å². The monoisotopic (exact) mass is 235 g/mol. The van der Waals surface area contributed by atoms with E-state index in [0.717, 1.165) is 0 Å². The van der Waals surface area contributed by atoms with Crippen molar-refractivity contribution in [3.05, 3.63) is 0 Å². The van der Waals surface area contributed by atoms with Crippen molar-refractivity contribution in [2.45, 2.75) is 38.0 Å². The van der Waals surface area contributed by atoms with Gasteiger partial charge in [-0.05, 0) is 20.3 Å². The van der Waals surface area contributed by atoms with E-state index in [1.54, 1.807) is 13.8 Å². The maximum absolute atomic E-state index is 11.1. The summed E-state index contributed by atoms with van der Waals surface area (Å²) in [5.41, 5.74) is 0. The normalized spacial score (nSPS) is 13.1. The van der Waals surface area contributed by atoms with Gasteiger partial charge in [0.05, 0.1) is 6.61 Å². The predicted octanol–water partition coefficient (Wildman–Crippen LogP) is 1.28. The largest absolute Gasteiger partial charge is 0.480 e. The molecule has 0 radical (unpaired) electrons. The second kappa shape index (κ2) is 5.85. The third-order valence-corrected chi connectivity index (χ3v) is 1.91. The molecule has 5 nitrogen and oxygen atoms in total. The molecular weight excluding hydrogens is 218 g/mol. The number of aliphatic carboxylic acids is 1. The Labute approximate surface area is 94.6 Å². The fourth-order valence-electron chi connectivity index (χ4n) is 0.895. The summed E-state index contributed by atoms with van der Waals surface area (Å²) in [6, 6.07) is -1.08. The average Bonchev–Trinajstić information content (AvgIpc) is 2.08. The first kappa shape index (κ1) is 14.1. The second-order valence-corrected chi connectivity index (χ2v) is 4.86. The number of carboxylic acid groups (broad SMARTS) is 1. The average molecular weight is 235 g/mol. The molecule has 0 fully saturated rings. The molecule has 0 aromatic carbocycles. The predicted molar refractivity (Wildman–Crippen MR) is 59.3 cm³/mol. The summed E-state index contributed by atoms with van der Waals surface area (Å²) in [7, 11) is 0. The molecule has 0 spiro atoms. The number of thiol groups is 1. The SMILES string of the molecule is CCCOC(=O)N[C@@H](C(=O)O)C(C)(C)S. The van der Waals surface area contributed by atoms with Gasteiger partial charge in [-0.2, -0.15) is 12.6 Å². The Morgan fingerprint density at radius 1 is 1.53 bits per heavy atom. The van der Waals surface area contributed by atoms with Crippen molar-refractivity contribution in [1.82, 2.24) is 5.32 Å². The van der Waals surface area contributed by atoms with Crippen LogP contribution in [0.15, 0.2) is 0 Å². The summed E-state index contributed by atoms with van der Waals surface area (Å²) < 4.78 is 3.87. The molecule has 0 aromatic heterocycles. The van der Waals surface area contributed by atoms with E-state index in [1.807, 2.05) is 6.92 Å². The van der Waals surface area contributed by atoms with Gasteiger partial charge in [0, 0.05) is 4.75 Å². The molecule has 0 aliphatic heterocycles. The van der Waals surface area contributed by atoms with Crippen molar-refractivity contribution < 1.29 is 19.4 Å². The Morgan fingerprint density at radius 3 is 2.40 bits per heavy atom. The Hall–Kier alpha value is -0.910. The van der Waals surface area contributed by atoms with Gasteiger partial charge in [-0.3, -0.25) is 0 Å². The minimum Gasteiger partial charge on any atom is -0.480 e. The molecule has 0 aromatic rings. The molecule has 0 rings (SSSR count). The molecule has 0 bridgehead atoms. The lowest BCUT2D eigenvalue weighted by Gasteiger charge is -2.26. The third kappa shape index (κ3) is 5.51. The fraction of sp³-hybridized carbons (Fsp3) is 0.778. The van der Waals surface area contributed by atoms with Gasteiger partial charge in [-0.25, -0.2) is 9.59 Å². The summed E-state index contributed by atoms with van der Waals surface area (Å²) in [6.45, 7) is 5.33. The van der Waals surface area contributed by atoms with Crippen LogP contribution in [0.4, 0.5) is 4.79 Å². The van der Waals surface area contributed by atoms with Crippen LogP contribution < -0.4 is 5.32 Å². The van der Waals surface area contributed by atoms with E-state index in [9.17, 15) is 9.59 Å². The van der Waals surface area contributed by atoms with Crippen molar-refractivity contribution in [2.24, 2.45) is 0 Å². The first-order chi connectivity index (χ1) is 6.79. The maximum Gasteiger partial charge on any atom is 0.407 e. The number of hydrogen-bond donors (Lipinski definition) is 3. The fourth-order valence-corrected chi connectivity index (χ4v) is 1.07. The summed E-state index contributed by atoms with van der Waals surface area (Å²) in [4.78, 5) is 22.0. The van der Waals surface area contributed by atoms with Gasteiger partial charge in [-0.15, -0.1) is 0 Å². The van der Waals surface area contributed by atoms with Crippen molar-refractivity contribution >= 4 is 24.7 Å². The van der Waals surface area contributed by atoms with E-state index in [1.165, 1.54) is 0 Å². The molecular formula is C9H17NO4S. The highest BCUT2D eigenvalue weighted by Gasteiger charge is 2.33. The topological polar surface area (TPSA) is 75.6 Å². The van der Waals surface area contributed by atoms with Gasteiger partial charge >= 0.3 is 12.1 Å². The van der Waals surface area contributed by atoms with Gasteiger partial charge in [0.1, 0.15) is 6.04 Å². The highest BCUT2D eigenvalue weighted by Crippen LogP contribution is 2.17. The van der Waals surface area contributed by atoms with Gasteiger partial charge < -0.3 is 15.2 Å². The van der Waals surface area contributed by atoms with E-state index in [-0.39, 0.29) is 6.61 Å². The summed E-state index contributed by atoms with van der Waals surface area (Å²) in [5, 5.41) is 11.1. The lowest BCUT2D eigenvalue weighted by Crippen LogP contribution is -2.51. The van der Waals surface area contributed by atoms with Crippen LogP contribution in [0.3, 0.4) is 0 Å². The van der Waals surface area contributed by atoms with Crippen LogP contribution in [0, 0.1) is 0 Å². The van der Waals surface area contributed by atoms with E-state index in [4.69, 9.17) is 9.84 Å². The minimum absolute atomic E-state index is 0.269. The van der Waals surface area contributed by atoms with Crippen molar-refractivity contribution in [1.29, 1.82) is 0 Å². The summed E-state index contributed by atoms with van der Waals surface area (Å²) >= 11 is 4.10. The summed E-state index contributed by atoms with van der Waals surface area (Å²) in [5.74, 6) is -1.14. The Bertz CT molecular complexity index is 237. The van der Waals surface area contributed by atoms with Gasteiger partial charge in [-0.1, -0.05) is 6.92 Å². The van der Waals surface area contributed by atoms with E-state index < -0.39 is 22.9 Å². The highest BCUT2D eigenvalue weighted by atomic mass is 32.1. The third-order valence-electron chi connectivity index (χ3n) is 1.65. The molecule has 0 saturated carbocycles. The summed E-state index contributed by atoms with van der Waals surface area (Å²) in [6.07, 6.45) is -0.0403. The van der Waals surface area contributed by atoms with Crippen LogP contribution in [0.2, 0.25) is 0 Å². The zero-order chi connectivity index (χ0) is 12.1. The Morgan fingerprint density at radius 2 is 2.07 bits per heavy atom. The zero-order valence-electron chi connectivity index (χ0n) is 9.11. The second-order valence-electron chi connectivity index (χ2n) is 3.71. The number of carboxylic acids is 1. The minimum atomic E-state index is -1.14. The number of carbonyl (C=O) groups is 2. The zero-order valence-corrected chi connectivity index (χ0v) is 10.0. The maximum atomic E-state index is 11.1. The standard InChI is InChI=1S/C9H17NO4S/c1-4-5-14-8(13)10-6(7(11)12)9(2,3)15/h6,15H,4-5H2,1-3H3,(H,10,13)(H,11,12)/t6-/m0/s1. The number of rotatable bonds is 5. The van der Waals surface area contributed by atoms with E-state index >= 15 is 0 Å². The lowest BCUT2D eigenvalue weighted by molar-refractivity contribution is -0.140. The molecule has 1 atom stereocenters.